The van der Waals surface area contributed by atoms with E-state index in [0.717, 1.165) is 28.7 Å². The molecule has 0 aliphatic heterocycles. The van der Waals surface area contributed by atoms with Crippen LogP contribution in [0.5, 0.6) is 5.75 Å². The highest BCUT2D eigenvalue weighted by Gasteiger charge is 2.27. The Labute approximate surface area is 201 Å². The number of hydrogen-bond donors (Lipinski definition) is 1. The maximum absolute atomic E-state index is 13.2. The molecule has 0 bridgehead atoms. The van der Waals surface area contributed by atoms with Crippen LogP contribution in [0.25, 0.3) is 0 Å². The first kappa shape index (κ1) is 26.0. The van der Waals surface area contributed by atoms with Crippen molar-refractivity contribution in [2.45, 2.75) is 66.6 Å². The number of carbonyl (C=O) groups excluding carboxylic acids is 2. The van der Waals surface area contributed by atoms with Gasteiger partial charge in [0.1, 0.15) is 11.8 Å². The maximum atomic E-state index is 13.2. The Kier molecular flexibility index (Phi) is 9.41. The molecule has 1 N–H and O–H groups in total. The second-order valence-electron chi connectivity index (χ2n) is 8.26. The van der Waals surface area contributed by atoms with Gasteiger partial charge in [-0.2, -0.15) is 0 Å². The van der Waals surface area contributed by atoms with E-state index in [1.807, 2.05) is 40.7 Å². The van der Waals surface area contributed by atoms with Crippen LogP contribution in [0.3, 0.4) is 0 Å². The first-order valence-electron chi connectivity index (χ1n) is 10.8. The van der Waals surface area contributed by atoms with Crippen LogP contribution < -0.4 is 10.1 Å². The van der Waals surface area contributed by atoms with Crippen molar-refractivity contribution in [1.82, 2.24) is 10.2 Å². The number of benzene rings is 2. The lowest BCUT2D eigenvalue weighted by Gasteiger charge is -2.30. The molecule has 0 saturated carbocycles. The predicted octanol–water partition coefficient (Wildman–Crippen LogP) is 5.63. The van der Waals surface area contributed by atoms with Gasteiger partial charge in [-0.15, -0.1) is 0 Å². The number of aryl methyl sites for hydroxylation is 2. The van der Waals surface area contributed by atoms with E-state index in [-0.39, 0.29) is 31.0 Å². The number of carbonyl (C=O) groups is 2. The van der Waals surface area contributed by atoms with Gasteiger partial charge in [0.05, 0.1) is 10.0 Å². The van der Waals surface area contributed by atoms with Crippen molar-refractivity contribution in [2.75, 3.05) is 6.61 Å². The number of rotatable bonds is 9. The Balaban J connectivity index is 2.24. The van der Waals surface area contributed by atoms with Crippen molar-refractivity contribution < 1.29 is 14.3 Å². The van der Waals surface area contributed by atoms with Crippen LogP contribution >= 0.6 is 23.2 Å². The van der Waals surface area contributed by atoms with Gasteiger partial charge in [-0.3, -0.25) is 9.59 Å². The molecule has 2 atom stereocenters. The van der Waals surface area contributed by atoms with Gasteiger partial charge in [0.15, 0.2) is 6.61 Å². The van der Waals surface area contributed by atoms with Crippen LogP contribution in [0.4, 0.5) is 0 Å². The molecule has 32 heavy (non-hydrogen) atoms. The summed E-state index contributed by atoms with van der Waals surface area (Å²) in [6.45, 7) is 11.6. The molecule has 0 unspecified atom stereocenters. The van der Waals surface area contributed by atoms with Crippen LogP contribution in [0, 0.1) is 20.8 Å². The van der Waals surface area contributed by atoms with E-state index in [2.05, 4.69) is 11.4 Å². The summed E-state index contributed by atoms with van der Waals surface area (Å²) in [5.41, 5.74) is 3.92. The molecule has 0 aromatic heterocycles. The lowest BCUT2D eigenvalue weighted by molar-refractivity contribution is -0.142. The number of ether oxygens (including phenoxy) is 1. The molecule has 0 aliphatic rings. The van der Waals surface area contributed by atoms with Gasteiger partial charge in [0.25, 0.3) is 5.91 Å². The maximum Gasteiger partial charge on any atom is 0.261 e. The van der Waals surface area contributed by atoms with Gasteiger partial charge in [-0.1, -0.05) is 42.3 Å². The minimum Gasteiger partial charge on any atom is -0.483 e. The molecular formula is C25H32Cl2N2O3. The minimum absolute atomic E-state index is 0.0149. The zero-order chi connectivity index (χ0) is 24.0. The lowest BCUT2D eigenvalue weighted by Crippen LogP contribution is -2.50. The number of nitrogens with one attached hydrogen (secondary N) is 1. The summed E-state index contributed by atoms with van der Waals surface area (Å²) < 4.78 is 5.88. The van der Waals surface area contributed by atoms with Crippen molar-refractivity contribution in [1.29, 1.82) is 0 Å². The summed E-state index contributed by atoms with van der Waals surface area (Å²) in [7, 11) is 0. The second kappa shape index (κ2) is 11.6. The topological polar surface area (TPSA) is 58.6 Å². The van der Waals surface area contributed by atoms with Gasteiger partial charge in [-0.05, 0) is 81.5 Å². The summed E-state index contributed by atoms with van der Waals surface area (Å²) in [6, 6.07) is 8.50. The Hall–Kier alpha value is -2.24. The van der Waals surface area contributed by atoms with E-state index >= 15 is 0 Å². The highest BCUT2D eigenvalue weighted by atomic mass is 35.5. The predicted molar refractivity (Wildman–Crippen MR) is 131 cm³/mol. The number of nitrogens with zero attached hydrogens (tertiary/aromatic N) is 1. The molecular weight excluding hydrogens is 447 g/mol. The Morgan fingerprint density at radius 2 is 1.75 bits per heavy atom. The van der Waals surface area contributed by atoms with E-state index in [4.69, 9.17) is 27.9 Å². The van der Waals surface area contributed by atoms with Crippen LogP contribution in [0.2, 0.25) is 10.0 Å². The van der Waals surface area contributed by atoms with Gasteiger partial charge in [-0.25, -0.2) is 0 Å². The van der Waals surface area contributed by atoms with Gasteiger partial charge in [0, 0.05) is 12.6 Å². The number of amides is 2. The number of halogens is 2. The molecule has 0 radical (unpaired) electrons. The third kappa shape index (κ3) is 6.88. The van der Waals surface area contributed by atoms with E-state index < -0.39 is 6.04 Å². The smallest absolute Gasteiger partial charge is 0.261 e. The summed E-state index contributed by atoms with van der Waals surface area (Å²) in [6.07, 6.45) is 0.800. The molecule has 2 amide bonds. The van der Waals surface area contributed by atoms with E-state index in [9.17, 15) is 9.59 Å². The molecule has 0 saturated heterocycles. The average Bonchev–Trinajstić information content (AvgIpc) is 2.74. The molecule has 2 aromatic rings. The third-order valence-corrected chi connectivity index (χ3v) is 6.36. The zero-order valence-corrected chi connectivity index (χ0v) is 21.1. The summed E-state index contributed by atoms with van der Waals surface area (Å²) >= 11 is 12.2. The van der Waals surface area contributed by atoms with Gasteiger partial charge >= 0.3 is 0 Å². The SMILES string of the molecule is CC[C@H](C)NC(=O)[C@H](C)N(Cc1ccc(Cl)c(Cl)c1)C(=O)COc1cc(C)cc(C)c1C. The van der Waals surface area contributed by atoms with Crippen molar-refractivity contribution >= 4 is 35.0 Å². The fraction of sp³-hybridized carbons (Fsp3) is 0.440. The normalized spacial score (nSPS) is 12.8. The minimum atomic E-state index is -0.685. The molecule has 0 aliphatic carbocycles. The molecule has 2 aromatic carbocycles. The largest absolute Gasteiger partial charge is 0.483 e. The first-order chi connectivity index (χ1) is 15.0. The standard InChI is InChI=1S/C25H32Cl2N2O3/c1-7-17(4)28-25(31)19(6)29(13-20-8-9-21(26)22(27)12-20)24(30)14-32-23-11-15(2)10-16(3)18(23)5/h8-12,17,19H,7,13-14H2,1-6H3,(H,28,31)/t17-,19-/m0/s1. The molecule has 5 nitrogen and oxygen atoms in total. The average molecular weight is 479 g/mol. The summed E-state index contributed by atoms with van der Waals surface area (Å²) in [4.78, 5) is 27.5. The lowest BCUT2D eigenvalue weighted by atomic mass is 10.1. The van der Waals surface area contributed by atoms with Gasteiger partial charge < -0.3 is 15.0 Å². The zero-order valence-electron chi connectivity index (χ0n) is 19.6. The van der Waals surface area contributed by atoms with Crippen molar-refractivity contribution in [3.05, 3.63) is 62.6 Å². The highest BCUT2D eigenvalue weighted by Crippen LogP contribution is 2.25. The van der Waals surface area contributed by atoms with Crippen molar-refractivity contribution in [3.8, 4) is 5.75 Å². The molecule has 0 heterocycles. The van der Waals surface area contributed by atoms with E-state index in [1.54, 1.807) is 25.1 Å². The van der Waals surface area contributed by atoms with Crippen LogP contribution in [0.15, 0.2) is 30.3 Å². The first-order valence-corrected chi connectivity index (χ1v) is 11.5. The Morgan fingerprint density at radius 1 is 1.06 bits per heavy atom. The molecule has 0 spiro atoms. The molecule has 0 fully saturated rings. The van der Waals surface area contributed by atoms with Crippen LogP contribution in [-0.4, -0.2) is 35.4 Å². The van der Waals surface area contributed by atoms with Crippen molar-refractivity contribution in [2.24, 2.45) is 0 Å². The van der Waals surface area contributed by atoms with Crippen molar-refractivity contribution in [3.63, 3.8) is 0 Å². The number of hydrogen-bond acceptors (Lipinski definition) is 3. The van der Waals surface area contributed by atoms with Gasteiger partial charge in [0.2, 0.25) is 5.91 Å². The Bertz CT molecular complexity index is 978. The second-order valence-corrected chi connectivity index (χ2v) is 9.07. The van der Waals surface area contributed by atoms with E-state index in [0.29, 0.717) is 15.8 Å². The summed E-state index contributed by atoms with van der Waals surface area (Å²) in [5, 5.41) is 3.78. The fourth-order valence-corrected chi connectivity index (χ4v) is 3.58. The third-order valence-electron chi connectivity index (χ3n) is 5.62. The molecule has 174 valence electrons. The fourth-order valence-electron chi connectivity index (χ4n) is 3.26. The Morgan fingerprint density at radius 3 is 2.38 bits per heavy atom. The quantitative estimate of drug-likeness (QED) is 0.507. The molecule has 7 heteroatoms. The van der Waals surface area contributed by atoms with Crippen LogP contribution in [0.1, 0.15) is 49.4 Å². The molecule has 2 rings (SSSR count). The van der Waals surface area contributed by atoms with E-state index in [1.165, 1.54) is 4.90 Å². The summed E-state index contributed by atoms with van der Waals surface area (Å²) in [5.74, 6) is 0.166. The monoisotopic (exact) mass is 478 g/mol. The highest BCUT2D eigenvalue weighted by molar-refractivity contribution is 6.42. The van der Waals surface area contributed by atoms with Crippen LogP contribution in [-0.2, 0) is 16.1 Å².